The molecule has 1 atom stereocenters. The summed E-state index contributed by atoms with van der Waals surface area (Å²) >= 11 is 5.85. The van der Waals surface area contributed by atoms with Gasteiger partial charge in [-0.1, -0.05) is 11.6 Å². The van der Waals surface area contributed by atoms with Crippen molar-refractivity contribution in [3.8, 4) is 0 Å². The minimum Gasteiger partial charge on any atom is -0.383 e. The Kier molecular flexibility index (Phi) is 4.10. The van der Waals surface area contributed by atoms with Gasteiger partial charge in [0.2, 0.25) is 0 Å². The number of hydrogen-bond donors (Lipinski definition) is 1. The van der Waals surface area contributed by atoms with Gasteiger partial charge in [-0.3, -0.25) is 0 Å². The van der Waals surface area contributed by atoms with Crippen molar-refractivity contribution in [3.05, 3.63) is 17.0 Å². The maximum Gasteiger partial charge on any atom is 0.137 e. The third kappa shape index (κ3) is 2.82. The predicted octanol–water partition coefficient (Wildman–Crippen LogP) is 1.89. The number of nitrogens with zero attached hydrogens (tertiary/aromatic N) is 2. The first-order valence-corrected chi connectivity index (χ1v) is 4.75. The predicted molar refractivity (Wildman–Crippen MR) is 56.7 cm³/mol. The molecule has 0 saturated heterocycles. The van der Waals surface area contributed by atoms with E-state index in [1.807, 2.05) is 13.8 Å². The van der Waals surface area contributed by atoms with Gasteiger partial charge in [0.05, 0.1) is 6.61 Å². The van der Waals surface area contributed by atoms with E-state index in [2.05, 4.69) is 15.3 Å². The molecule has 0 aliphatic rings. The van der Waals surface area contributed by atoms with E-state index in [1.54, 1.807) is 7.11 Å². The summed E-state index contributed by atoms with van der Waals surface area (Å²) in [4.78, 5) is 7.97. The molecular weight excluding hydrogens is 202 g/mol. The summed E-state index contributed by atoms with van der Waals surface area (Å²) in [7, 11) is 1.66. The summed E-state index contributed by atoms with van der Waals surface area (Å²) in [6.07, 6.45) is 1.44. The van der Waals surface area contributed by atoms with Gasteiger partial charge in [0.1, 0.15) is 17.3 Å². The van der Waals surface area contributed by atoms with Crippen molar-refractivity contribution in [2.75, 3.05) is 19.0 Å². The zero-order chi connectivity index (χ0) is 10.6. The summed E-state index contributed by atoms with van der Waals surface area (Å²) in [6.45, 7) is 4.52. The highest BCUT2D eigenvalue weighted by atomic mass is 35.5. The maximum absolute atomic E-state index is 5.85. The van der Waals surface area contributed by atoms with E-state index in [1.165, 1.54) is 6.33 Å². The van der Waals surface area contributed by atoms with E-state index < -0.39 is 0 Å². The molecule has 0 aliphatic carbocycles. The van der Waals surface area contributed by atoms with Gasteiger partial charge >= 0.3 is 0 Å². The van der Waals surface area contributed by atoms with Crippen LogP contribution in [0, 0.1) is 6.92 Å². The van der Waals surface area contributed by atoms with Crippen LogP contribution in [0.25, 0.3) is 0 Å². The third-order valence-corrected chi connectivity index (χ3v) is 2.20. The molecule has 0 spiro atoms. The molecule has 0 aliphatic heterocycles. The van der Waals surface area contributed by atoms with Crippen molar-refractivity contribution in [1.29, 1.82) is 0 Å². The lowest BCUT2D eigenvalue weighted by molar-refractivity contribution is 0.190. The Balaban J connectivity index is 2.71. The smallest absolute Gasteiger partial charge is 0.137 e. The van der Waals surface area contributed by atoms with Crippen molar-refractivity contribution in [3.63, 3.8) is 0 Å². The van der Waals surface area contributed by atoms with Gasteiger partial charge in [-0.2, -0.15) is 0 Å². The van der Waals surface area contributed by atoms with Gasteiger partial charge in [0.15, 0.2) is 0 Å². The number of ether oxygens (including phenoxy) is 1. The van der Waals surface area contributed by atoms with Crippen molar-refractivity contribution in [2.45, 2.75) is 19.9 Å². The quantitative estimate of drug-likeness (QED) is 0.780. The molecule has 1 unspecified atom stereocenters. The van der Waals surface area contributed by atoms with Crippen LogP contribution in [0.4, 0.5) is 5.82 Å². The number of methoxy groups -OCH3 is 1. The number of rotatable bonds is 4. The Morgan fingerprint density at radius 3 is 2.93 bits per heavy atom. The highest BCUT2D eigenvalue weighted by Gasteiger charge is 2.07. The van der Waals surface area contributed by atoms with Gasteiger partial charge < -0.3 is 10.1 Å². The molecule has 0 aromatic carbocycles. The molecule has 1 aromatic rings. The van der Waals surface area contributed by atoms with E-state index >= 15 is 0 Å². The molecule has 0 fully saturated rings. The summed E-state index contributed by atoms with van der Waals surface area (Å²) in [5.41, 5.74) is 0.858. The van der Waals surface area contributed by atoms with Crippen LogP contribution in [0.2, 0.25) is 5.15 Å². The van der Waals surface area contributed by atoms with E-state index in [4.69, 9.17) is 16.3 Å². The average molecular weight is 216 g/mol. The molecule has 14 heavy (non-hydrogen) atoms. The van der Waals surface area contributed by atoms with Gasteiger partial charge in [-0.05, 0) is 13.8 Å². The second-order valence-electron chi connectivity index (χ2n) is 3.14. The van der Waals surface area contributed by atoms with Crippen LogP contribution >= 0.6 is 11.6 Å². The standard InChI is InChI=1S/C9H14ClN3O/c1-6(4-14-3)13-9-7(2)8(10)11-5-12-9/h5-6H,4H2,1-3H3,(H,11,12,13). The lowest BCUT2D eigenvalue weighted by Crippen LogP contribution is -2.22. The van der Waals surface area contributed by atoms with Crippen LogP contribution in [-0.2, 0) is 4.74 Å². The van der Waals surface area contributed by atoms with Gasteiger partial charge in [-0.15, -0.1) is 0 Å². The van der Waals surface area contributed by atoms with Crippen molar-refractivity contribution in [2.24, 2.45) is 0 Å². The Morgan fingerprint density at radius 1 is 1.57 bits per heavy atom. The number of anilines is 1. The Labute approximate surface area is 88.7 Å². The zero-order valence-electron chi connectivity index (χ0n) is 8.54. The van der Waals surface area contributed by atoms with E-state index in [9.17, 15) is 0 Å². The van der Waals surface area contributed by atoms with Crippen molar-refractivity contribution in [1.82, 2.24) is 9.97 Å². The molecule has 4 nitrogen and oxygen atoms in total. The fourth-order valence-corrected chi connectivity index (χ4v) is 1.23. The van der Waals surface area contributed by atoms with Crippen LogP contribution < -0.4 is 5.32 Å². The summed E-state index contributed by atoms with van der Waals surface area (Å²) in [5, 5.41) is 3.67. The maximum atomic E-state index is 5.85. The molecule has 1 heterocycles. The van der Waals surface area contributed by atoms with Crippen LogP contribution in [-0.4, -0.2) is 29.7 Å². The molecule has 0 radical (unpaired) electrons. The first-order chi connectivity index (χ1) is 6.65. The molecule has 0 amide bonds. The largest absolute Gasteiger partial charge is 0.383 e. The highest BCUT2D eigenvalue weighted by Crippen LogP contribution is 2.18. The number of aromatic nitrogens is 2. The SMILES string of the molecule is COCC(C)Nc1ncnc(Cl)c1C. The minimum atomic E-state index is 0.199. The van der Waals surface area contributed by atoms with E-state index in [0.29, 0.717) is 11.8 Å². The van der Waals surface area contributed by atoms with Crippen LogP contribution in [0.1, 0.15) is 12.5 Å². The first-order valence-electron chi connectivity index (χ1n) is 4.37. The molecule has 78 valence electrons. The number of hydrogen-bond acceptors (Lipinski definition) is 4. The second kappa shape index (κ2) is 5.12. The fraction of sp³-hybridized carbons (Fsp3) is 0.556. The molecule has 1 N–H and O–H groups in total. The zero-order valence-corrected chi connectivity index (χ0v) is 9.30. The van der Waals surface area contributed by atoms with Gasteiger partial charge in [0, 0.05) is 18.7 Å². The Hall–Kier alpha value is -0.870. The van der Waals surface area contributed by atoms with Crippen molar-refractivity contribution < 1.29 is 4.74 Å². The Morgan fingerprint density at radius 2 is 2.29 bits per heavy atom. The van der Waals surface area contributed by atoms with Gasteiger partial charge in [0.25, 0.3) is 0 Å². The van der Waals surface area contributed by atoms with E-state index in [-0.39, 0.29) is 6.04 Å². The van der Waals surface area contributed by atoms with Gasteiger partial charge in [-0.25, -0.2) is 9.97 Å². The summed E-state index contributed by atoms with van der Waals surface area (Å²) in [5.74, 6) is 0.759. The molecular formula is C9H14ClN3O. The normalized spacial score (nSPS) is 12.6. The fourth-order valence-electron chi connectivity index (χ4n) is 1.10. The lowest BCUT2D eigenvalue weighted by atomic mass is 10.3. The van der Waals surface area contributed by atoms with Crippen LogP contribution in [0.5, 0.6) is 0 Å². The summed E-state index contributed by atoms with van der Waals surface area (Å²) in [6, 6.07) is 0.199. The minimum absolute atomic E-state index is 0.199. The molecule has 1 rings (SSSR count). The molecule has 5 heteroatoms. The average Bonchev–Trinajstić information content (AvgIpc) is 2.13. The number of nitrogens with one attached hydrogen (secondary N) is 1. The van der Waals surface area contributed by atoms with E-state index in [0.717, 1.165) is 11.4 Å². The monoisotopic (exact) mass is 215 g/mol. The second-order valence-corrected chi connectivity index (χ2v) is 3.50. The first kappa shape index (κ1) is 11.2. The summed E-state index contributed by atoms with van der Waals surface area (Å²) < 4.78 is 5.01. The lowest BCUT2D eigenvalue weighted by Gasteiger charge is -2.14. The molecule has 1 aromatic heterocycles. The third-order valence-electron chi connectivity index (χ3n) is 1.82. The molecule has 0 saturated carbocycles. The van der Waals surface area contributed by atoms with Crippen molar-refractivity contribution >= 4 is 17.4 Å². The number of halogens is 1. The topological polar surface area (TPSA) is 47.0 Å². The van der Waals surface area contributed by atoms with Crippen LogP contribution in [0.3, 0.4) is 0 Å². The Bertz CT molecular complexity index is 306. The molecule has 0 bridgehead atoms. The highest BCUT2D eigenvalue weighted by molar-refractivity contribution is 6.30. The van der Waals surface area contributed by atoms with Crippen LogP contribution in [0.15, 0.2) is 6.33 Å².